The smallest absolute Gasteiger partial charge is 0.216 e. The molecule has 17 heavy (non-hydrogen) atoms. The highest BCUT2D eigenvalue weighted by atomic mass is 32.2. The van der Waals surface area contributed by atoms with Gasteiger partial charge in [-0.15, -0.1) is 0 Å². The summed E-state index contributed by atoms with van der Waals surface area (Å²) in [5.74, 6) is 0.457. The molecule has 0 aromatic carbocycles. The van der Waals surface area contributed by atoms with Gasteiger partial charge >= 0.3 is 0 Å². The summed E-state index contributed by atoms with van der Waals surface area (Å²) in [6.07, 6.45) is 3.33. The van der Waals surface area contributed by atoms with Crippen LogP contribution in [0.5, 0.6) is 5.88 Å². The van der Waals surface area contributed by atoms with Crippen LogP contribution in [0.3, 0.4) is 0 Å². The zero-order valence-corrected chi connectivity index (χ0v) is 10.2. The molecule has 0 bridgehead atoms. The minimum Gasteiger partial charge on any atom is -0.760 e. The average Bonchev–Trinajstić information content (AvgIpc) is 2.34. The quantitative estimate of drug-likeness (QED) is 0.428. The van der Waals surface area contributed by atoms with Gasteiger partial charge in [-0.2, -0.15) is 0 Å². The van der Waals surface area contributed by atoms with E-state index in [1.807, 2.05) is 0 Å². The standard InChI is InChI=1S/C10H14N2O4S/c1-16-10-9(3-2-4-12-17(14)15)5-8(7-13)6-11-10/h5-7,12H,2-4H2,1H3,(H,14,15)/p-1. The van der Waals surface area contributed by atoms with Crippen molar-refractivity contribution in [2.75, 3.05) is 13.7 Å². The summed E-state index contributed by atoms with van der Waals surface area (Å²) in [6, 6.07) is 1.69. The molecule has 0 aliphatic heterocycles. The first kappa shape index (κ1) is 13.8. The number of hydrogen-bond acceptors (Lipinski definition) is 5. The first-order valence-corrected chi connectivity index (χ1v) is 6.05. The van der Waals surface area contributed by atoms with E-state index in [0.29, 0.717) is 37.1 Å². The number of aldehydes is 1. The van der Waals surface area contributed by atoms with Crippen LogP contribution in [-0.4, -0.2) is 33.7 Å². The number of methoxy groups -OCH3 is 1. The molecule has 1 rings (SSSR count). The van der Waals surface area contributed by atoms with Crippen molar-refractivity contribution in [3.8, 4) is 5.88 Å². The van der Waals surface area contributed by atoms with Crippen LogP contribution in [0.1, 0.15) is 22.3 Å². The average molecular weight is 257 g/mol. The third-order valence-electron chi connectivity index (χ3n) is 2.12. The van der Waals surface area contributed by atoms with E-state index in [4.69, 9.17) is 4.74 Å². The van der Waals surface area contributed by atoms with Crippen LogP contribution in [0.4, 0.5) is 0 Å². The molecule has 1 heterocycles. The van der Waals surface area contributed by atoms with E-state index in [1.54, 1.807) is 6.07 Å². The third kappa shape index (κ3) is 4.59. The molecular weight excluding hydrogens is 244 g/mol. The van der Waals surface area contributed by atoms with Crippen molar-refractivity contribution in [1.82, 2.24) is 9.71 Å². The molecule has 0 aliphatic carbocycles. The van der Waals surface area contributed by atoms with Gasteiger partial charge in [0.15, 0.2) is 6.29 Å². The molecule has 0 saturated heterocycles. The highest BCUT2D eigenvalue weighted by Gasteiger charge is 2.05. The van der Waals surface area contributed by atoms with Gasteiger partial charge < -0.3 is 9.29 Å². The summed E-state index contributed by atoms with van der Waals surface area (Å²) >= 11 is -2.24. The molecule has 7 heteroatoms. The molecule has 1 aromatic heterocycles. The summed E-state index contributed by atoms with van der Waals surface area (Å²) in [5, 5.41) is 0. The Kier molecular flexibility index (Phi) is 5.75. The highest BCUT2D eigenvalue weighted by molar-refractivity contribution is 7.77. The Morgan fingerprint density at radius 1 is 1.65 bits per heavy atom. The summed E-state index contributed by atoms with van der Waals surface area (Å²) in [4.78, 5) is 14.6. The lowest BCUT2D eigenvalue weighted by Crippen LogP contribution is -2.18. The molecule has 1 unspecified atom stereocenters. The van der Waals surface area contributed by atoms with Gasteiger partial charge in [0, 0.05) is 35.1 Å². The maximum Gasteiger partial charge on any atom is 0.216 e. The Morgan fingerprint density at radius 3 is 3.00 bits per heavy atom. The second kappa shape index (κ2) is 7.10. The number of nitrogens with one attached hydrogen (secondary N) is 1. The maximum absolute atomic E-state index is 10.6. The van der Waals surface area contributed by atoms with E-state index in [0.717, 1.165) is 5.56 Å². The van der Waals surface area contributed by atoms with Gasteiger partial charge in [-0.1, -0.05) is 0 Å². The van der Waals surface area contributed by atoms with Gasteiger partial charge in [0.1, 0.15) is 0 Å². The van der Waals surface area contributed by atoms with Gasteiger partial charge in [-0.05, 0) is 18.9 Å². The van der Waals surface area contributed by atoms with Gasteiger partial charge in [0.05, 0.1) is 7.11 Å². The molecule has 94 valence electrons. The molecule has 0 amide bonds. The fraction of sp³-hybridized carbons (Fsp3) is 0.400. The van der Waals surface area contributed by atoms with Gasteiger partial charge in [0.25, 0.3) is 0 Å². The number of rotatable bonds is 7. The van der Waals surface area contributed by atoms with Crippen molar-refractivity contribution < 1.29 is 18.3 Å². The van der Waals surface area contributed by atoms with Gasteiger partial charge in [0.2, 0.25) is 5.88 Å². The fourth-order valence-corrected chi connectivity index (χ4v) is 1.69. The van der Waals surface area contributed by atoms with Crippen molar-refractivity contribution in [2.45, 2.75) is 12.8 Å². The second-order valence-electron chi connectivity index (χ2n) is 3.29. The molecular formula is C10H13N2O4S-. The molecule has 0 spiro atoms. The van der Waals surface area contributed by atoms with Crippen molar-refractivity contribution >= 4 is 17.6 Å². The van der Waals surface area contributed by atoms with Crippen LogP contribution in [0, 0.1) is 0 Å². The van der Waals surface area contributed by atoms with E-state index >= 15 is 0 Å². The molecule has 0 aliphatic rings. The molecule has 6 nitrogen and oxygen atoms in total. The van der Waals surface area contributed by atoms with Crippen LogP contribution >= 0.6 is 0 Å². The summed E-state index contributed by atoms with van der Waals surface area (Å²) in [6.45, 7) is 0.338. The molecule has 0 saturated carbocycles. The number of aryl methyl sites for hydroxylation is 1. The Hall–Kier alpha value is -1.31. The zero-order chi connectivity index (χ0) is 12.7. The Morgan fingerprint density at radius 2 is 2.41 bits per heavy atom. The highest BCUT2D eigenvalue weighted by Crippen LogP contribution is 2.17. The lowest BCUT2D eigenvalue weighted by atomic mass is 10.1. The first-order valence-electron chi connectivity index (χ1n) is 4.98. The van der Waals surface area contributed by atoms with Crippen molar-refractivity contribution in [3.05, 3.63) is 23.4 Å². The molecule has 0 radical (unpaired) electrons. The molecule has 0 fully saturated rings. The van der Waals surface area contributed by atoms with Crippen molar-refractivity contribution in [1.29, 1.82) is 0 Å². The SMILES string of the molecule is COc1ncc(C=O)cc1CCCNS(=O)[O-]. The van der Waals surface area contributed by atoms with Crippen LogP contribution in [-0.2, 0) is 17.7 Å². The normalized spacial score (nSPS) is 12.1. The number of ether oxygens (including phenoxy) is 1. The Bertz CT molecular complexity index is 411. The Labute approximate surface area is 102 Å². The number of hydrogen-bond donors (Lipinski definition) is 1. The van der Waals surface area contributed by atoms with E-state index in [1.165, 1.54) is 13.3 Å². The number of nitrogens with zero attached hydrogens (tertiary/aromatic N) is 1. The van der Waals surface area contributed by atoms with Crippen LogP contribution in [0.2, 0.25) is 0 Å². The van der Waals surface area contributed by atoms with Crippen molar-refractivity contribution in [3.63, 3.8) is 0 Å². The first-order chi connectivity index (χ1) is 8.17. The Balaban J connectivity index is 2.61. The summed E-state index contributed by atoms with van der Waals surface area (Å²) in [5.41, 5.74) is 1.26. The molecule has 1 atom stereocenters. The van der Waals surface area contributed by atoms with E-state index < -0.39 is 11.3 Å². The van der Waals surface area contributed by atoms with Crippen LogP contribution < -0.4 is 9.46 Å². The largest absolute Gasteiger partial charge is 0.760 e. The number of pyridine rings is 1. The van der Waals surface area contributed by atoms with Crippen LogP contribution in [0.25, 0.3) is 0 Å². The number of carbonyl (C=O) groups is 1. The fourth-order valence-electron chi connectivity index (χ4n) is 1.38. The zero-order valence-electron chi connectivity index (χ0n) is 9.34. The predicted octanol–water partition coefficient (Wildman–Crippen LogP) is 0.219. The van der Waals surface area contributed by atoms with Crippen LogP contribution in [0.15, 0.2) is 12.3 Å². The van der Waals surface area contributed by atoms with E-state index in [2.05, 4.69) is 9.71 Å². The van der Waals surface area contributed by atoms with Gasteiger partial charge in [-0.25, -0.2) is 9.71 Å². The lowest BCUT2D eigenvalue weighted by molar-refractivity contribution is 0.112. The molecule has 1 aromatic rings. The predicted molar refractivity (Wildman–Crippen MR) is 61.4 cm³/mol. The maximum atomic E-state index is 10.6. The summed E-state index contributed by atoms with van der Waals surface area (Å²) in [7, 11) is 1.50. The molecule has 1 N–H and O–H groups in total. The third-order valence-corrected chi connectivity index (χ3v) is 2.56. The monoisotopic (exact) mass is 257 g/mol. The lowest BCUT2D eigenvalue weighted by Gasteiger charge is -2.09. The van der Waals surface area contributed by atoms with E-state index in [9.17, 15) is 13.6 Å². The topological polar surface area (TPSA) is 91.3 Å². The summed E-state index contributed by atoms with van der Waals surface area (Å²) < 4.78 is 27.8. The van der Waals surface area contributed by atoms with E-state index in [-0.39, 0.29) is 0 Å². The number of carbonyl (C=O) groups excluding carboxylic acids is 1. The van der Waals surface area contributed by atoms with Crippen molar-refractivity contribution in [2.24, 2.45) is 0 Å². The minimum atomic E-state index is -2.24. The number of aromatic nitrogens is 1. The minimum absolute atomic E-state index is 0.338. The second-order valence-corrected chi connectivity index (χ2v) is 4.05. The van der Waals surface area contributed by atoms with Gasteiger partial charge in [-0.3, -0.25) is 9.00 Å².